The van der Waals surface area contributed by atoms with E-state index in [2.05, 4.69) is 9.97 Å². The van der Waals surface area contributed by atoms with Gasteiger partial charge in [0.05, 0.1) is 24.2 Å². The number of aromatic nitrogens is 2. The van der Waals surface area contributed by atoms with E-state index >= 15 is 0 Å². The van der Waals surface area contributed by atoms with Crippen molar-refractivity contribution >= 4 is 10.0 Å². The molecule has 2 rings (SSSR count). The molecule has 0 aliphatic carbocycles. The van der Waals surface area contributed by atoms with Crippen LogP contribution in [0.5, 0.6) is 0 Å². The minimum atomic E-state index is -3.19. The second-order valence-corrected chi connectivity index (χ2v) is 6.88. The van der Waals surface area contributed by atoms with Crippen LogP contribution in [-0.2, 0) is 16.6 Å². The highest BCUT2D eigenvalue weighted by molar-refractivity contribution is 7.89. The summed E-state index contributed by atoms with van der Waals surface area (Å²) >= 11 is 0. The molecule has 108 valence electrons. The predicted octanol–water partition coefficient (Wildman–Crippen LogP) is 2.25. The minimum absolute atomic E-state index is 0.162. The van der Waals surface area contributed by atoms with E-state index in [1.54, 1.807) is 13.2 Å². The molecule has 0 radical (unpaired) electrons. The third-order valence-electron chi connectivity index (χ3n) is 3.02. The standard InChI is InChI=1S/C14H19N3O2S/c1-3-9-20(18,19)17(2)11-14-15-10-13(16-14)12-7-5-4-6-8-12/h4-8,10H,3,9,11H2,1-2H3,(H,15,16). The molecule has 0 aliphatic heterocycles. The van der Waals surface area contributed by atoms with Crippen molar-refractivity contribution in [1.82, 2.24) is 14.3 Å². The van der Waals surface area contributed by atoms with Gasteiger partial charge in [0.2, 0.25) is 10.0 Å². The molecule has 2 aromatic rings. The van der Waals surface area contributed by atoms with E-state index in [0.29, 0.717) is 12.2 Å². The van der Waals surface area contributed by atoms with Gasteiger partial charge in [0.15, 0.2) is 0 Å². The number of benzene rings is 1. The first kappa shape index (κ1) is 14.7. The third-order valence-corrected chi connectivity index (χ3v) is 5.03. The summed E-state index contributed by atoms with van der Waals surface area (Å²) in [5.74, 6) is 0.807. The van der Waals surface area contributed by atoms with Crippen LogP contribution in [0.4, 0.5) is 0 Å². The smallest absolute Gasteiger partial charge is 0.214 e. The molecule has 0 saturated heterocycles. The average molecular weight is 293 g/mol. The predicted molar refractivity (Wildman–Crippen MR) is 79.6 cm³/mol. The number of hydrogen-bond acceptors (Lipinski definition) is 3. The molecule has 1 aromatic heterocycles. The minimum Gasteiger partial charge on any atom is -0.341 e. The van der Waals surface area contributed by atoms with Gasteiger partial charge < -0.3 is 4.98 Å². The van der Waals surface area contributed by atoms with Crippen molar-refractivity contribution in [2.75, 3.05) is 12.8 Å². The molecular formula is C14H19N3O2S. The molecule has 0 fully saturated rings. The molecule has 1 aromatic carbocycles. The van der Waals surface area contributed by atoms with E-state index in [4.69, 9.17) is 0 Å². The van der Waals surface area contributed by atoms with Crippen LogP contribution in [0.2, 0.25) is 0 Å². The molecule has 6 heteroatoms. The molecule has 0 bridgehead atoms. The third kappa shape index (κ3) is 3.46. The molecule has 0 atom stereocenters. The fourth-order valence-corrected chi connectivity index (χ4v) is 3.08. The maximum Gasteiger partial charge on any atom is 0.214 e. The Morgan fingerprint density at radius 3 is 2.60 bits per heavy atom. The highest BCUT2D eigenvalue weighted by Gasteiger charge is 2.18. The molecule has 0 amide bonds. The zero-order valence-electron chi connectivity index (χ0n) is 11.7. The van der Waals surface area contributed by atoms with Crippen LogP contribution < -0.4 is 0 Å². The molecule has 1 heterocycles. The lowest BCUT2D eigenvalue weighted by Gasteiger charge is -2.14. The summed E-state index contributed by atoms with van der Waals surface area (Å²) < 4.78 is 25.1. The fourth-order valence-electron chi connectivity index (χ4n) is 1.93. The highest BCUT2D eigenvalue weighted by Crippen LogP contribution is 2.17. The van der Waals surface area contributed by atoms with Crippen molar-refractivity contribution in [3.63, 3.8) is 0 Å². The highest BCUT2D eigenvalue weighted by atomic mass is 32.2. The zero-order valence-corrected chi connectivity index (χ0v) is 12.5. The van der Waals surface area contributed by atoms with E-state index in [1.165, 1.54) is 4.31 Å². The Morgan fingerprint density at radius 2 is 1.95 bits per heavy atom. The Bertz CT molecular complexity index is 650. The van der Waals surface area contributed by atoms with Crippen molar-refractivity contribution in [2.45, 2.75) is 19.9 Å². The van der Waals surface area contributed by atoms with E-state index < -0.39 is 10.0 Å². The number of hydrogen-bond donors (Lipinski definition) is 1. The van der Waals surface area contributed by atoms with Gasteiger partial charge in [-0.25, -0.2) is 13.4 Å². The summed E-state index contributed by atoms with van der Waals surface area (Å²) in [5.41, 5.74) is 1.92. The molecule has 5 nitrogen and oxygen atoms in total. The molecule has 0 spiro atoms. The second-order valence-electron chi connectivity index (χ2n) is 4.68. The van der Waals surface area contributed by atoms with Gasteiger partial charge in [0.1, 0.15) is 5.82 Å². The number of nitrogens with one attached hydrogen (secondary N) is 1. The molecule has 20 heavy (non-hydrogen) atoms. The first-order chi connectivity index (χ1) is 9.53. The maximum absolute atomic E-state index is 11.9. The van der Waals surface area contributed by atoms with Gasteiger partial charge in [0, 0.05) is 7.05 Å². The average Bonchev–Trinajstić information content (AvgIpc) is 2.88. The van der Waals surface area contributed by atoms with E-state index in [9.17, 15) is 8.42 Å². The zero-order chi connectivity index (χ0) is 14.6. The second kappa shape index (κ2) is 6.19. The Hall–Kier alpha value is -1.66. The number of H-pyrrole nitrogens is 1. The lowest BCUT2D eigenvalue weighted by atomic mass is 10.2. The molecule has 1 N–H and O–H groups in total. The Morgan fingerprint density at radius 1 is 1.25 bits per heavy atom. The number of sulfonamides is 1. The summed E-state index contributed by atoms with van der Waals surface area (Å²) in [6.07, 6.45) is 2.34. The van der Waals surface area contributed by atoms with Gasteiger partial charge in [-0.3, -0.25) is 0 Å². The van der Waals surface area contributed by atoms with Gasteiger partial charge >= 0.3 is 0 Å². The molecule has 0 aliphatic rings. The molecule has 0 saturated carbocycles. The Balaban J connectivity index is 2.11. The normalized spacial score (nSPS) is 11.9. The van der Waals surface area contributed by atoms with Gasteiger partial charge in [-0.2, -0.15) is 4.31 Å². The fraction of sp³-hybridized carbons (Fsp3) is 0.357. The number of imidazole rings is 1. The molecule has 0 unspecified atom stereocenters. The van der Waals surface area contributed by atoms with E-state index in [1.807, 2.05) is 37.3 Å². The van der Waals surface area contributed by atoms with Crippen LogP contribution in [0.3, 0.4) is 0 Å². The van der Waals surface area contributed by atoms with Crippen LogP contribution >= 0.6 is 0 Å². The summed E-state index contributed by atoms with van der Waals surface area (Å²) in [4.78, 5) is 7.40. The number of rotatable bonds is 6. The lowest BCUT2D eigenvalue weighted by Crippen LogP contribution is -2.29. The van der Waals surface area contributed by atoms with Crippen molar-refractivity contribution < 1.29 is 8.42 Å². The van der Waals surface area contributed by atoms with Crippen LogP contribution in [-0.4, -0.2) is 35.5 Å². The van der Waals surface area contributed by atoms with Gasteiger partial charge in [-0.05, 0) is 12.0 Å². The Labute approximate surface area is 119 Å². The van der Waals surface area contributed by atoms with Crippen LogP contribution in [0.15, 0.2) is 36.5 Å². The first-order valence-corrected chi connectivity index (χ1v) is 8.17. The summed E-state index contributed by atoms with van der Waals surface area (Å²) in [5, 5.41) is 0. The summed E-state index contributed by atoms with van der Waals surface area (Å²) in [7, 11) is -1.61. The largest absolute Gasteiger partial charge is 0.341 e. The lowest BCUT2D eigenvalue weighted by molar-refractivity contribution is 0.457. The van der Waals surface area contributed by atoms with Gasteiger partial charge in [-0.1, -0.05) is 37.3 Å². The maximum atomic E-state index is 11.9. The van der Waals surface area contributed by atoms with Crippen molar-refractivity contribution in [1.29, 1.82) is 0 Å². The summed E-state index contributed by atoms with van der Waals surface area (Å²) in [6, 6.07) is 9.82. The Kier molecular flexibility index (Phi) is 4.57. The van der Waals surface area contributed by atoms with Crippen LogP contribution in [0, 0.1) is 0 Å². The van der Waals surface area contributed by atoms with Gasteiger partial charge in [0.25, 0.3) is 0 Å². The van der Waals surface area contributed by atoms with Crippen LogP contribution in [0.25, 0.3) is 11.3 Å². The summed E-state index contributed by atoms with van der Waals surface area (Å²) in [6.45, 7) is 2.11. The SMILES string of the molecule is CCCS(=O)(=O)N(C)Cc1ncc(-c2ccccc2)[nH]1. The quantitative estimate of drug-likeness (QED) is 0.888. The van der Waals surface area contributed by atoms with E-state index in [0.717, 1.165) is 11.3 Å². The van der Waals surface area contributed by atoms with Crippen molar-refractivity contribution in [3.8, 4) is 11.3 Å². The van der Waals surface area contributed by atoms with Crippen LogP contribution in [0.1, 0.15) is 19.2 Å². The first-order valence-electron chi connectivity index (χ1n) is 6.56. The number of aromatic amines is 1. The molecular weight excluding hydrogens is 274 g/mol. The van der Waals surface area contributed by atoms with Crippen molar-refractivity contribution in [3.05, 3.63) is 42.4 Å². The van der Waals surface area contributed by atoms with Crippen molar-refractivity contribution in [2.24, 2.45) is 0 Å². The number of nitrogens with zero attached hydrogens (tertiary/aromatic N) is 2. The monoisotopic (exact) mass is 293 g/mol. The van der Waals surface area contributed by atoms with E-state index in [-0.39, 0.29) is 12.3 Å². The topological polar surface area (TPSA) is 66.1 Å². The van der Waals surface area contributed by atoms with Gasteiger partial charge in [-0.15, -0.1) is 0 Å².